The van der Waals surface area contributed by atoms with Crippen LogP contribution in [0.4, 0.5) is 8.78 Å². The van der Waals surface area contributed by atoms with Crippen LogP contribution in [0.2, 0.25) is 0 Å². The average Bonchev–Trinajstić information content (AvgIpc) is 3.37. The Morgan fingerprint density at radius 2 is 2.06 bits per heavy atom. The minimum atomic E-state index is -1.09. The smallest absolute Gasteiger partial charge is 0.229 e. The van der Waals surface area contributed by atoms with Crippen molar-refractivity contribution in [2.75, 3.05) is 13.2 Å². The maximum absolute atomic E-state index is 14.3. The minimum Gasteiger partial charge on any atom is -0.477 e. The van der Waals surface area contributed by atoms with Crippen LogP contribution in [-0.2, 0) is 11.8 Å². The third-order valence-corrected chi connectivity index (χ3v) is 7.51. The highest BCUT2D eigenvalue weighted by molar-refractivity contribution is 5.87. The van der Waals surface area contributed by atoms with E-state index < -0.39 is 17.6 Å². The number of nitrogens with zero attached hydrogens (tertiary/aromatic N) is 5. The monoisotopic (exact) mass is 465 g/mol. The van der Waals surface area contributed by atoms with Crippen molar-refractivity contribution in [1.29, 1.82) is 0 Å². The summed E-state index contributed by atoms with van der Waals surface area (Å²) in [7, 11) is 1.85. The Kier molecular flexibility index (Phi) is 4.72. The lowest BCUT2D eigenvalue weighted by Gasteiger charge is -2.69. The number of alkyl halides is 1. The highest BCUT2D eigenvalue weighted by Crippen LogP contribution is 2.74. The number of aryl methyl sites for hydroxylation is 1. The molecule has 3 aromatic rings. The molecule has 3 saturated carbocycles. The number of aromatic nitrogens is 4. The van der Waals surface area contributed by atoms with Crippen LogP contribution in [0.3, 0.4) is 0 Å². The first kappa shape index (κ1) is 21.2. The molecule has 1 saturated heterocycles. The molecule has 1 aliphatic heterocycles. The largest absolute Gasteiger partial charge is 0.477 e. The molecule has 4 aliphatic rings. The van der Waals surface area contributed by atoms with Gasteiger partial charge in [-0.15, -0.1) is 0 Å². The van der Waals surface area contributed by atoms with Gasteiger partial charge in [0.2, 0.25) is 11.8 Å². The number of amides is 1. The molecule has 2 atom stereocenters. The van der Waals surface area contributed by atoms with E-state index in [0.29, 0.717) is 18.1 Å². The Bertz CT molecular complexity index is 1240. The fourth-order valence-electron chi connectivity index (χ4n) is 6.08. The molecule has 34 heavy (non-hydrogen) atoms. The van der Waals surface area contributed by atoms with Crippen LogP contribution in [0.5, 0.6) is 5.88 Å². The van der Waals surface area contributed by atoms with Crippen LogP contribution < -0.4 is 4.74 Å². The maximum atomic E-state index is 14.3. The number of carbonyl (C=O) groups is 1. The van der Waals surface area contributed by atoms with Crippen molar-refractivity contribution in [3.63, 3.8) is 0 Å². The van der Waals surface area contributed by atoms with Crippen LogP contribution in [0.1, 0.15) is 37.3 Å². The highest BCUT2D eigenvalue weighted by Gasteiger charge is 2.72. The van der Waals surface area contributed by atoms with E-state index in [-0.39, 0.29) is 30.1 Å². The number of ether oxygens (including phenoxy) is 1. The van der Waals surface area contributed by atoms with Crippen LogP contribution in [-0.4, -0.2) is 49.9 Å². The zero-order valence-electron chi connectivity index (χ0n) is 18.8. The zero-order chi connectivity index (χ0) is 23.5. The molecule has 9 heteroatoms. The van der Waals surface area contributed by atoms with E-state index in [1.165, 1.54) is 18.5 Å². The van der Waals surface area contributed by atoms with Gasteiger partial charge in [0.15, 0.2) is 0 Å². The summed E-state index contributed by atoms with van der Waals surface area (Å²) in [6.07, 6.45) is 6.38. The summed E-state index contributed by atoms with van der Waals surface area (Å²) in [5.74, 6) is 0.111. The first-order chi connectivity index (χ1) is 16.3. The standard InChI is InChI=1S/C25H25F2N5O2/c1-31-9-17(8-30-31)20-7-22(29-15-28-20)34-14-24-11-25(12-24,13-24)23(33)32-10-19(27)6-21(32)16-3-2-4-18(26)5-16/h2-5,7-9,15,19,21H,6,10-14H2,1H3. The van der Waals surface area contributed by atoms with Crippen molar-refractivity contribution in [3.8, 4) is 17.1 Å². The molecule has 2 aromatic heterocycles. The number of rotatable bonds is 6. The summed E-state index contributed by atoms with van der Waals surface area (Å²) in [5, 5.41) is 4.16. The Morgan fingerprint density at radius 1 is 1.24 bits per heavy atom. The van der Waals surface area contributed by atoms with E-state index in [0.717, 1.165) is 30.5 Å². The SMILES string of the molecule is Cn1cc(-c2cc(OCC34CC(C(=O)N5CC(F)CC5c5cccc(F)c5)(C3)C4)ncn2)cn1. The Morgan fingerprint density at radius 3 is 2.79 bits per heavy atom. The number of hydrogen-bond donors (Lipinski definition) is 0. The molecule has 3 aliphatic carbocycles. The predicted octanol–water partition coefficient (Wildman–Crippen LogP) is 3.88. The van der Waals surface area contributed by atoms with E-state index >= 15 is 0 Å². The number of hydrogen-bond acceptors (Lipinski definition) is 5. The first-order valence-electron chi connectivity index (χ1n) is 11.5. The maximum Gasteiger partial charge on any atom is 0.229 e. The third-order valence-electron chi connectivity index (χ3n) is 7.51. The molecule has 7 rings (SSSR count). The fourth-order valence-corrected chi connectivity index (χ4v) is 6.08. The van der Waals surface area contributed by atoms with Gasteiger partial charge in [-0.05, 0) is 37.0 Å². The van der Waals surface area contributed by atoms with Crippen LogP contribution in [0.25, 0.3) is 11.3 Å². The van der Waals surface area contributed by atoms with Gasteiger partial charge in [0.25, 0.3) is 0 Å². The van der Waals surface area contributed by atoms with Gasteiger partial charge in [-0.2, -0.15) is 5.10 Å². The van der Waals surface area contributed by atoms with Gasteiger partial charge in [0.05, 0.1) is 36.5 Å². The number of likely N-dealkylation sites (tertiary alicyclic amines) is 1. The molecule has 1 amide bonds. The van der Waals surface area contributed by atoms with Gasteiger partial charge < -0.3 is 9.64 Å². The summed E-state index contributed by atoms with van der Waals surface area (Å²) >= 11 is 0. The summed E-state index contributed by atoms with van der Waals surface area (Å²) < 4.78 is 35.7. The Hall–Kier alpha value is -3.36. The van der Waals surface area contributed by atoms with E-state index in [9.17, 15) is 13.6 Å². The van der Waals surface area contributed by atoms with Crippen molar-refractivity contribution >= 4 is 5.91 Å². The lowest BCUT2D eigenvalue weighted by atomic mass is 9.35. The summed E-state index contributed by atoms with van der Waals surface area (Å²) in [6, 6.07) is 7.52. The molecule has 0 radical (unpaired) electrons. The van der Waals surface area contributed by atoms with Crippen molar-refractivity contribution < 1.29 is 18.3 Å². The topological polar surface area (TPSA) is 73.1 Å². The molecule has 4 fully saturated rings. The van der Waals surface area contributed by atoms with Gasteiger partial charge in [-0.3, -0.25) is 9.48 Å². The average molecular weight is 466 g/mol. The second-order valence-corrected chi connectivity index (χ2v) is 10.1. The zero-order valence-corrected chi connectivity index (χ0v) is 18.8. The molecule has 176 valence electrons. The Balaban J connectivity index is 1.09. The normalized spacial score (nSPS) is 29.4. The molecule has 1 aromatic carbocycles. The summed E-state index contributed by atoms with van der Waals surface area (Å²) in [6.45, 7) is 0.550. The lowest BCUT2D eigenvalue weighted by Crippen LogP contribution is -2.69. The molecule has 2 unspecified atom stereocenters. The molecule has 7 nitrogen and oxygen atoms in total. The Labute approximate surface area is 195 Å². The van der Waals surface area contributed by atoms with Crippen molar-refractivity contribution in [2.45, 2.75) is 37.9 Å². The molecule has 0 N–H and O–H groups in total. The molecule has 3 heterocycles. The second kappa shape index (κ2) is 7.58. The van der Waals surface area contributed by atoms with Crippen LogP contribution >= 0.6 is 0 Å². The molecule has 0 spiro atoms. The van der Waals surface area contributed by atoms with Crippen molar-refractivity contribution in [2.24, 2.45) is 17.9 Å². The van der Waals surface area contributed by atoms with E-state index in [1.54, 1.807) is 34.0 Å². The van der Waals surface area contributed by atoms with Gasteiger partial charge >= 0.3 is 0 Å². The van der Waals surface area contributed by atoms with E-state index in [4.69, 9.17) is 4.74 Å². The number of halogens is 2. The van der Waals surface area contributed by atoms with Crippen molar-refractivity contribution in [1.82, 2.24) is 24.6 Å². The van der Waals surface area contributed by atoms with Crippen LogP contribution in [0.15, 0.2) is 49.1 Å². The van der Waals surface area contributed by atoms with Crippen molar-refractivity contribution in [3.05, 3.63) is 60.4 Å². The van der Waals surface area contributed by atoms with Gasteiger partial charge in [0.1, 0.15) is 18.3 Å². The summed E-state index contributed by atoms with van der Waals surface area (Å²) in [4.78, 5) is 23.6. The minimum absolute atomic E-state index is 0.00955. The van der Waals surface area contributed by atoms with Crippen LogP contribution in [0, 0.1) is 16.6 Å². The number of benzene rings is 1. The third kappa shape index (κ3) is 3.45. The predicted molar refractivity (Wildman–Crippen MR) is 119 cm³/mol. The fraction of sp³-hybridized carbons (Fsp3) is 0.440. The van der Waals surface area contributed by atoms with Gasteiger partial charge in [-0.1, -0.05) is 12.1 Å². The molecular formula is C25H25F2N5O2. The molecular weight excluding hydrogens is 440 g/mol. The molecule has 2 bridgehead atoms. The number of carbonyl (C=O) groups excluding carboxylic acids is 1. The van der Waals surface area contributed by atoms with Gasteiger partial charge in [0, 0.05) is 36.7 Å². The second-order valence-electron chi connectivity index (χ2n) is 10.1. The quantitative estimate of drug-likeness (QED) is 0.553. The lowest BCUT2D eigenvalue weighted by molar-refractivity contribution is -0.226. The van der Waals surface area contributed by atoms with E-state index in [1.807, 2.05) is 13.2 Å². The first-order valence-corrected chi connectivity index (χ1v) is 11.5. The highest BCUT2D eigenvalue weighted by atomic mass is 19.1. The summed E-state index contributed by atoms with van der Waals surface area (Å²) in [5.41, 5.74) is 1.80. The van der Waals surface area contributed by atoms with E-state index in [2.05, 4.69) is 15.1 Å². The van der Waals surface area contributed by atoms with Gasteiger partial charge in [-0.25, -0.2) is 18.7 Å².